The molecule has 3 rings (SSSR count). The number of morpholine rings is 1. The number of ether oxygens (including phenoxy) is 1. The quantitative estimate of drug-likeness (QED) is 0.684. The second kappa shape index (κ2) is 9.80. The maximum absolute atomic E-state index is 12.7. The van der Waals surface area contributed by atoms with Crippen molar-refractivity contribution in [1.29, 1.82) is 0 Å². The first-order valence-corrected chi connectivity index (χ1v) is 12.0. The first kappa shape index (κ1) is 23.2. The van der Waals surface area contributed by atoms with E-state index in [1.165, 1.54) is 24.3 Å². The highest BCUT2D eigenvalue weighted by atomic mass is 32.2. The highest BCUT2D eigenvalue weighted by Gasteiger charge is 2.22. The molecule has 31 heavy (non-hydrogen) atoms. The van der Waals surface area contributed by atoms with E-state index in [0.717, 1.165) is 30.8 Å². The van der Waals surface area contributed by atoms with Gasteiger partial charge < -0.3 is 10.1 Å². The summed E-state index contributed by atoms with van der Waals surface area (Å²) in [4.78, 5) is 14.8. The zero-order chi connectivity index (χ0) is 22.6. The van der Waals surface area contributed by atoms with Crippen molar-refractivity contribution in [3.63, 3.8) is 0 Å². The summed E-state index contributed by atoms with van der Waals surface area (Å²) in [5.41, 5.74) is 2.86. The third-order valence-electron chi connectivity index (χ3n) is 5.48. The third kappa shape index (κ3) is 6.06. The van der Waals surface area contributed by atoms with Crippen LogP contribution < -0.4 is 10.0 Å². The van der Waals surface area contributed by atoms with Crippen LogP contribution in [0, 0.1) is 13.8 Å². The summed E-state index contributed by atoms with van der Waals surface area (Å²) in [6.45, 7) is 10.9. The lowest BCUT2D eigenvalue weighted by atomic mass is 10.1. The molecular weight excluding hydrogens is 414 g/mol. The Morgan fingerprint density at radius 2 is 1.71 bits per heavy atom. The van der Waals surface area contributed by atoms with Gasteiger partial charge in [0.1, 0.15) is 0 Å². The van der Waals surface area contributed by atoms with Crippen LogP contribution in [-0.2, 0) is 14.8 Å². The molecule has 1 fully saturated rings. The second-order valence-electron chi connectivity index (χ2n) is 8.15. The van der Waals surface area contributed by atoms with E-state index in [0.29, 0.717) is 17.8 Å². The molecule has 0 spiro atoms. The minimum atomic E-state index is -3.74. The van der Waals surface area contributed by atoms with Crippen molar-refractivity contribution in [2.45, 2.75) is 44.8 Å². The Morgan fingerprint density at radius 3 is 2.35 bits per heavy atom. The largest absolute Gasteiger partial charge is 0.373 e. The average Bonchev–Trinajstić information content (AvgIpc) is 2.70. The Labute approximate surface area is 184 Å². The summed E-state index contributed by atoms with van der Waals surface area (Å²) in [7, 11) is -3.74. The normalized spacial score (nSPS) is 19.7. The van der Waals surface area contributed by atoms with Crippen LogP contribution >= 0.6 is 0 Å². The minimum Gasteiger partial charge on any atom is -0.373 e. The number of nitrogens with zero attached hydrogens (tertiary/aromatic N) is 1. The number of rotatable bonds is 7. The standard InChI is InChI=1S/C23H31N3O4S/c1-16-6-5-7-22(19(16)4)25-31(28,29)21-10-8-20(9-11-21)23(27)24-12-13-26-14-17(2)30-18(3)15-26/h5-11,17-18,25H,12-15H2,1-4H3,(H,24,27). The fourth-order valence-corrected chi connectivity index (χ4v) is 4.87. The van der Waals surface area contributed by atoms with E-state index in [1.807, 2.05) is 39.8 Å². The lowest BCUT2D eigenvalue weighted by molar-refractivity contribution is -0.0672. The molecule has 1 heterocycles. The molecule has 7 nitrogen and oxygen atoms in total. The maximum Gasteiger partial charge on any atom is 0.261 e. The Kier molecular flexibility index (Phi) is 7.35. The molecule has 1 aliphatic heterocycles. The fraction of sp³-hybridized carbons (Fsp3) is 0.435. The van der Waals surface area contributed by atoms with E-state index in [4.69, 9.17) is 4.74 Å². The fourth-order valence-electron chi connectivity index (χ4n) is 3.75. The molecule has 2 aromatic rings. The molecule has 1 amide bonds. The first-order valence-electron chi connectivity index (χ1n) is 10.5. The number of hydrogen-bond acceptors (Lipinski definition) is 5. The molecule has 8 heteroatoms. The van der Waals surface area contributed by atoms with Crippen molar-refractivity contribution in [2.75, 3.05) is 30.9 Å². The van der Waals surface area contributed by atoms with Crippen molar-refractivity contribution in [1.82, 2.24) is 10.2 Å². The zero-order valence-corrected chi connectivity index (χ0v) is 19.3. The predicted molar refractivity (Wildman–Crippen MR) is 122 cm³/mol. The van der Waals surface area contributed by atoms with Crippen molar-refractivity contribution in [3.05, 3.63) is 59.2 Å². The van der Waals surface area contributed by atoms with Gasteiger partial charge >= 0.3 is 0 Å². The zero-order valence-electron chi connectivity index (χ0n) is 18.5. The van der Waals surface area contributed by atoms with E-state index >= 15 is 0 Å². The average molecular weight is 446 g/mol. The van der Waals surface area contributed by atoms with Crippen molar-refractivity contribution in [2.24, 2.45) is 0 Å². The summed E-state index contributed by atoms with van der Waals surface area (Å²) < 4.78 is 33.8. The molecule has 168 valence electrons. The number of sulfonamides is 1. The van der Waals surface area contributed by atoms with Crippen LogP contribution in [0.5, 0.6) is 0 Å². The van der Waals surface area contributed by atoms with Gasteiger partial charge in [0.15, 0.2) is 0 Å². The van der Waals surface area contributed by atoms with E-state index in [1.54, 1.807) is 6.07 Å². The lowest BCUT2D eigenvalue weighted by Crippen LogP contribution is -2.47. The van der Waals surface area contributed by atoms with Gasteiger partial charge in [-0.1, -0.05) is 12.1 Å². The maximum atomic E-state index is 12.7. The van der Waals surface area contributed by atoms with E-state index in [9.17, 15) is 13.2 Å². The van der Waals surface area contributed by atoms with E-state index < -0.39 is 10.0 Å². The summed E-state index contributed by atoms with van der Waals surface area (Å²) in [5.74, 6) is -0.221. The molecule has 0 bridgehead atoms. The minimum absolute atomic E-state index is 0.112. The second-order valence-corrected chi connectivity index (χ2v) is 9.83. The molecule has 0 aliphatic carbocycles. The van der Waals surface area contributed by atoms with Gasteiger partial charge in [0, 0.05) is 31.7 Å². The van der Waals surface area contributed by atoms with Crippen LogP contribution in [0.15, 0.2) is 47.4 Å². The molecule has 1 saturated heterocycles. The Bertz CT molecular complexity index is 1010. The topological polar surface area (TPSA) is 87.7 Å². The van der Waals surface area contributed by atoms with E-state index in [-0.39, 0.29) is 23.0 Å². The first-order chi connectivity index (χ1) is 14.7. The Hall–Kier alpha value is -2.42. The molecular formula is C23H31N3O4S. The lowest BCUT2D eigenvalue weighted by Gasteiger charge is -2.35. The molecule has 2 unspecified atom stereocenters. The number of nitrogens with one attached hydrogen (secondary N) is 2. The number of carbonyl (C=O) groups is 1. The number of amides is 1. The van der Waals surface area contributed by atoms with Crippen LogP contribution in [-0.4, -0.2) is 57.6 Å². The molecule has 2 N–H and O–H groups in total. The Morgan fingerprint density at radius 1 is 1.06 bits per heavy atom. The van der Waals surface area contributed by atoms with Crippen LogP contribution in [0.2, 0.25) is 0 Å². The van der Waals surface area contributed by atoms with Crippen LogP contribution in [0.25, 0.3) is 0 Å². The van der Waals surface area contributed by atoms with E-state index in [2.05, 4.69) is 14.9 Å². The molecule has 2 aromatic carbocycles. The summed E-state index contributed by atoms with van der Waals surface area (Å²) >= 11 is 0. The number of hydrogen-bond donors (Lipinski definition) is 2. The predicted octanol–water partition coefficient (Wildman–Crippen LogP) is 2.94. The van der Waals surface area contributed by atoms with Crippen molar-refractivity contribution in [3.8, 4) is 0 Å². The Balaban J connectivity index is 1.57. The molecule has 0 radical (unpaired) electrons. The summed E-state index contributed by atoms with van der Waals surface area (Å²) in [5, 5.41) is 2.90. The molecule has 0 saturated carbocycles. The van der Waals surface area contributed by atoms with Gasteiger partial charge in [-0.05, 0) is 69.2 Å². The summed E-state index contributed by atoms with van der Waals surface area (Å²) in [6.07, 6.45) is 0.372. The highest BCUT2D eigenvalue weighted by Crippen LogP contribution is 2.22. The van der Waals surface area contributed by atoms with Gasteiger partial charge in [0.25, 0.3) is 15.9 Å². The third-order valence-corrected chi connectivity index (χ3v) is 6.87. The monoisotopic (exact) mass is 445 g/mol. The van der Waals surface area contributed by atoms with Gasteiger partial charge in [-0.25, -0.2) is 8.42 Å². The van der Waals surface area contributed by atoms with Gasteiger partial charge in [-0.2, -0.15) is 0 Å². The van der Waals surface area contributed by atoms with Crippen LogP contribution in [0.3, 0.4) is 0 Å². The van der Waals surface area contributed by atoms with Crippen molar-refractivity contribution >= 4 is 21.6 Å². The SMILES string of the molecule is Cc1cccc(NS(=O)(=O)c2ccc(C(=O)NCCN3CC(C)OC(C)C3)cc2)c1C. The van der Waals surface area contributed by atoms with Gasteiger partial charge in [-0.3, -0.25) is 14.4 Å². The molecule has 1 aliphatic rings. The smallest absolute Gasteiger partial charge is 0.261 e. The number of carbonyl (C=O) groups excluding carboxylic acids is 1. The van der Waals surface area contributed by atoms with Gasteiger partial charge in [-0.15, -0.1) is 0 Å². The van der Waals surface area contributed by atoms with Crippen LogP contribution in [0.4, 0.5) is 5.69 Å². The number of anilines is 1. The summed E-state index contributed by atoms with van der Waals surface area (Å²) in [6, 6.07) is 11.4. The van der Waals surface area contributed by atoms with Crippen LogP contribution in [0.1, 0.15) is 35.3 Å². The highest BCUT2D eigenvalue weighted by molar-refractivity contribution is 7.92. The number of aryl methyl sites for hydroxylation is 1. The van der Waals surface area contributed by atoms with Gasteiger partial charge in [0.05, 0.1) is 22.8 Å². The van der Waals surface area contributed by atoms with Gasteiger partial charge in [0.2, 0.25) is 0 Å². The number of benzene rings is 2. The molecule has 0 aromatic heterocycles. The molecule has 2 atom stereocenters. The van der Waals surface area contributed by atoms with Crippen molar-refractivity contribution < 1.29 is 17.9 Å².